The van der Waals surface area contributed by atoms with Crippen LogP contribution in [0.15, 0.2) is 47.4 Å². The normalized spacial score (nSPS) is 21.0. The molecule has 2 aromatic rings. The molecule has 0 saturated carbocycles. The van der Waals surface area contributed by atoms with Crippen molar-refractivity contribution in [2.45, 2.75) is 18.0 Å². The Morgan fingerprint density at radius 1 is 1.11 bits per heavy atom. The summed E-state index contributed by atoms with van der Waals surface area (Å²) in [5, 5.41) is 3.70. The predicted molar refractivity (Wildman–Crippen MR) is 109 cm³/mol. The van der Waals surface area contributed by atoms with E-state index in [-0.39, 0.29) is 10.8 Å². The second-order valence-electron chi connectivity index (χ2n) is 6.99. The lowest BCUT2D eigenvalue weighted by atomic mass is 10.2. The molecular formula is C19H21ClN4O3S. The van der Waals surface area contributed by atoms with Crippen molar-refractivity contribution in [1.29, 1.82) is 0 Å². The van der Waals surface area contributed by atoms with E-state index in [0.29, 0.717) is 36.9 Å². The van der Waals surface area contributed by atoms with Crippen molar-refractivity contribution < 1.29 is 13.2 Å². The van der Waals surface area contributed by atoms with Crippen LogP contribution in [0.25, 0.3) is 0 Å². The van der Waals surface area contributed by atoms with E-state index in [4.69, 9.17) is 11.6 Å². The van der Waals surface area contributed by atoms with Gasteiger partial charge in [0.05, 0.1) is 5.69 Å². The first-order chi connectivity index (χ1) is 13.3. The number of carbonyl (C=O) groups is 1. The predicted octanol–water partition coefficient (Wildman–Crippen LogP) is 2.03. The van der Waals surface area contributed by atoms with Gasteiger partial charge in [-0.25, -0.2) is 8.42 Å². The van der Waals surface area contributed by atoms with Crippen molar-refractivity contribution in [3.63, 3.8) is 0 Å². The Morgan fingerprint density at radius 2 is 1.86 bits per heavy atom. The molecule has 1 atom stereocenters. The van der Waals surface area contributed by atoms with Crippen LogP contribution in [0.5, 0.6) is 0 Å². The minimum atomic E-state index is -3.74. The molecule has 1 fully saturated rings. The Labute approximate surface area is 169 Å². The summed E-state index contributed by atoms with van der Waals surface area (Å²) in [4.78, 5) is 16.9. The molecule has 1 saturated heterocycles. The highest BCUT2D eigenvalue weighted by molar-refractivity contribution is 7.89. The highest BCUT2D eigenvalue weighted by Crippen LogP contribution is 2.27. The monoisotopic (exact) mass is 420 g/mol. The van der Waals surface area contributed by atoms with Crippen LogP contribution in [-0.4, -0.2) is 51.6 Å². The number of nitrogens with zero attached hydrogens (tertiary/aromatic N) is 2. The first kappa shape index (κ1) is 19.0. The van der Waals surface area contributed by atoms with E-state index in [9.17, 15) is 13.2 Å². The Morgan fingerprint density at radius 3 is 2.57 bits per heavy atom. The third kappa shape index (κ3) is 3.67. The Hall–Kier alpha value is -2.29. The van der Waals surface area contributed by atoms with Gasteiger partial charge in [0.1, 0.15) is 4.90 Å². The van der Waals surface area contributed by atoms with Gasteiger partial charge in [-0.05, 0) is 42.8 Å². The van der Waals surface area contributed by atoms with Crippen molar-refractivity contribution in [2.75, 3.05) is 36.4 Å². The van der Waals surface area contributed by atoms with Gasteiger partial charge < -0.3 is 15.1 Å². The van der Waals surface area contributed by atoms with Crippen LogP contribution in [0.1, 0.15) is 5.56 Å². The van der Waals surface area contributed by atoms with E-state index in [2.05, 4.69) is 14.9 Å². The summed E-state index contributed by atoms with van der Waals surface area (Å²) in [7, 11) is -3.74. The van der Waals surface area contributed by atoms with Crippen LogP contribution >= 0.6 is 11.6 Å². The Bertz CT molecular complexity index is 1020. The molecule has 4 rings (SSSR count). The van der Waals surface area contributed by atoms with Gasteiger partial charge in [0.2, 0.25) is 10.0 Å². The van der Waals surface area contributed by atoms with E-state index in [1.165, 1.54) is 0 Å². The minimum absolute atomic E-state index is 0.160. The maximum atomic E-state index is 12.9. The number of benzene rings is 2. The van der Waals surface area contributed by atoms with Crippen LogP contribution in [0.4, 0.5) is 11.4 Å². The number of aryl methyl sites for hydroxylation is 1. The highest BCUT2D eigenvalue weighted by atomic mass is 35.5. The maximum Gasteiger partial charge on any atom is 0.261 e. The molecule has 2 aromatic carbocycles. The zero-order chi connectivity index (χ0) is 19.9. The van der Waals surface area contributed by atoms with Gasteiger partial charge in [-0.1, -0.05) is 23.7 Å². The molecule has 0 aliphatic carbocycles. The first-order valence-electron chi connectivity index (χ1n) is 9.02. The van der Waals surface area contributed by atoms with Gasteiger partial charge in [0.25, 0.3) is 5.91 Å². The fourth-order valence-electron chi connectivity index (χ4n) is 3.55. The van der Waals surface area contributed by atoms with E-state index < -0.39 is 16.2 Å². The van der Waals surface area contributed by atoms with Crippen LogP contribution in [0, 0.1) is 6.92 Å². The number of amides is 1. The number of nitrogens with one attached hydrogen (secondary N) is 2. The summed E-state index contributed by atoms with van der Waals surface area (Å²) < 4.78 is 27.5. The highest BCUT2D eigenvalue weighted by Gasteiger charge is 2.36. The third-order valence-electron chi connectivity index (χ3n) is 5.01. The fraction of sp³-hybridized carbons (Fsp3) is 0.316. The van der Waals surface area contributed by atoms with E-state index in [1.807, 2.05) is 31.2 Å². The molecule has 28 heavy (non-hydrogen) atoms. The van der Waals surface area contributed by atoms with Gasteiger partial charge in [-0.3, -0.25) is 4.79 Å². The number of halogens is 1. The molecule has 0 bridgehead atoms. The molecule has 0 radical (unpaired) electrons. The van der Waals surface area contributed by atoms with E-state index >= 15 is 0 Å². The average molecular weight is 421 g/mol. The molecule has 148 valence electrons. The van der Waals surface area contributed by atoms with Crippen molar-refractivity contribution in [3.8, 4) is 0 Å². The van der Waals surface area contributed by atoms with Gasteiger partial charge in [0, 0.05) is 36.9 Å². The molecular weight excluding hydrogens is 400 g/mol. The molecule has 2 aliphatic heterocycles. The summed E-state index contributed by atoms with van der Waals surface area (Å²) in [6.45, 7) is 4.20. The van der Waals surface area contributed by atoms with Crippen LogP contribution in [0.2, 0.25) is 5.02 Å². The molecule has 7 nitrogen and oxygen atoms in total. The Balaban J connectivity index is 1.46. The lowest BCUT2D eigenvalue weighted by molar-refractivity contribution is -0.132. The van der Waals surface area contributed by atoms with E-state index in [0.717, 1.165) is 11.3 Å². The molecule has 0 unspecified atom stereocenters. The largest absolute Gasteiger partial charge is 0.368 e. The number of carbonyl (C=O) groups excluding carboxylic acids is 1. The first-order valence-corrected chi connectivity index (χ1v) is 10.9. The topological polar surface area (TPSA) is 81.8 Å². The summed E-state index contributed by atoms with van der Waals surface area (Å²) in [5.74, 6) is -0.276. The third-order valence-corrected chi connectivity index (χ3v) is 6.73. The number of hydrogen-bond donors (Lipinski definition) is 2. The quantitative estimate of drug-likeness (QED) is 0.776. The molecule has 0 aromatic heterocycles. The number of piperazine rings is 1. The number of rotatable bonds is 2. The van der Waals surface area contributed by atoms with Crippen molar-refractivity contribution in [2.24, 2.45) is 0 Å². The SMILES string of the molecule is Cc1ccc2c(c1)N[C@H](C(=O)N1CCN(c3cccc(Cl)c3)CC1)NS2(=O)=O. The van der Waals surface area contributed by atoms with Crippen LogP contribution < -0.4 is 14.9 Å². The molecule has 2 heterocycles. The summed E-state index contributed by atoms with van der Waals surface area (Å²) >= 11 is 6.06. The summed E-state index contributed by atoms with van der Waals surface area (Å²) in [5.41, 5.74) is 2.39. The summed E-state index contributed by atoms with van der Waals surface area (Å²) in [6, 6.07) is 12.6. The van der Waals surface area contributed by atoms with Crippen molar-refractivity contribution >= 4 is 38.9 Å². The number of hydrogen-bond acceptors (Lipinski definition) is 5. The zero-order valence-corrected chi connectivity index (χ0v) is 16.9. The lowest BCUT2D eigenvalue weighted by Crippen LogP contribution is -2.58. The second kappa shape index (κ2) is 7.27. The van der Waals surface area contributed by atoms with Gasteiger partial charge in [-0.15, -0.1) is 0 Å². The van der Waals surface area contributed by atoms with Crippen LogP contribution in [-0.2, 0) is 14.8 Å². The van der Waals surface area contributed by atoms with Crippen LogP contribution in [0.3, 0.4) is 0 Å². The lowest BCUT2D eigenvalue weighted by Gasteiger charge is -2.38. The maximum absolute atomic E-state index is 12.9. The molecule has 1 amide bonds. The van der Waals surface area contributed by atoms with Crippen molar-refractivity contribution in [3.05, 3.63) is 53.1 Å². The standard InChI is InChI=1S/C19H21ClN4O3S/c1-13-5-6-17-16(11-13)21-18(22-28(17,26)27)19(25)24-9-7-23(8-10-24)15-4-2-3-14(20)12-15/h2-6,11-12,18,21-22H,7-10H2,1H3/t18-/m0/s1. The smallest absolute Gasteiger partial charge is 0.261 e. The zero-order valence-electron chi connectivity index (χ0n) is 15.4. The van der Waals surface area contributed by atoms with Crippen molar-refractivity contribution in [1.82, 2.24) is 9.62 Å². The minimum Gasteiger partial charge on any atom is -0.368 e. The van der Waals surface area contributed by atoms with Gasteiger partial charge in [-0.2, -0.15) is 4.72 Å². The number of sulfonamides is 1. The fourth-order valence-corrected chi connectivity index (χ4v) is 4.98. The number of anilines is 2. The Kier molecular flexibility index (Phi) is 4.95. The second-order valence-corrected chi connectivity index (χ2v) is 9.11. The average Bonchev–Trinajstić information content (AvgIpc) is 2.66. The molecule has 2 N–H and O–H groups in total. The molecule has 9 heteroatoms. The van der Waals surface area contributed by atoms with Gasteiger partial charge >= 0.3 is 0 Å². The molecule has 0 spiro atoms. The summed E-state index contributed by atoms with van der Waals surface area (Å²) in [6.07, 6.45) is -1.00. The molecule has 2 aliphatic rings. The number of fused-ring (bicyclic) bond motifs is 1. The van der Waals surface area contributed by atoms with E-state index in [1.54, 1.807) is 23.1 Å². The van der Waals surface area contributed by atoms with Gasteiger partial charge in [0.15, 0.2) is 6.17 Å².